The third-order valence-electron chi connectivity index (χ3n) is 2.48. The number of aliphatic carboxylic acids is 1. The topological polar surface area (TPSA) is 49.8 Å². The van der Waals surface area contributed by atoms with Crippen LogP contribution in [0.3, 0.4) is 0 Å². The molecule has 0 spiro atoms. The lowest BCUT2D eigenvalue weighted by molar-refractivity contribution is -0.142. The highest BCUT2D eigenvalue weighted by Crippen LogP contribution is 2.16. The minimum Gasteiger partial charge on any atom is -0.480 e. The molecule has 1 N–H and O–H groups in total. The van der Waals surface area contributed by atoms with Crippen molar-refractivity contribution >= 4 is 5.97 Å². The Morgan fingerprint density at radius 3 is 2.93 bits per heavy atom. The van der Waals surface area contributed by atoms with Gasteiger partial charge in [0.05, 0.1) is 12.7 Å². The highest BCUT2D eigenvalue weighted by atomic mass is 16.5. The molecule has 1 heterocycles. The fourth-order valence-electron chi connectivity index (χ4n) is 1.78. The maximum Gasteiger partial charge on any atom is 0.320 e. The Labute approximate surface area is 84.8 Å². The van der Waals surface area contributed by atoms with Gasteiger partial charge in [-0.1, -0.05) is 0 Å². The van der Waals surface area contributed by atoms with Gasteiger partial charge in [-0.25, -0.2) is 0 Å². The zero-order chi connectivity index (χ0) is 10.6. The SMILES string of the molecule is CC(C)OCCN1CCC[C@H]1C(=O)O. The van der Waals surface area contributed by atoms with E-state index >= 15 is 0 Å². The summed E-state index contributed by atoms with van der Waals surface area (Å²) in [7, 11) is 0. The first-order chi connectivity index (χ1) is 6.61. The van der Waals surface area contributed by atoms with Crippen molar-refractivity contribution in [3.05, 3.63) is 0 Å². The third kappa shape index (κ3) is 3.27. The van der Waals surface area contributed by atoms with Crippen LogP contribution in [-0.4, -0.2) is 47.8 Å². The normalized spacial score (nSPS) is 23.2. The van der Waals surface area contributed by atoms with Crippen molar-refractivity contribution < 1.29 is 14.6 Å². The van der Waals surface area contributed by atoms with E-state index in [0.29, 0.717) is 6.61 Å². The van der Waals surface area contributed by atoms with Crippen LogP contribution in [0.2, 0.25) is 0 Å². The van der Waals surface area contributed by atoms with E-state index in [1.165, 1.54) is 0 Å². The average Bonchev–Trinajstić information content (AvgIpc) is 2.51. The lowest BCUT2D eigenvalue weighted by Crippen LogP contribution is -2.38. The molecule has 0 bridgehead atoms. The summed E-state index contributed by atoms with van der Waals surface area (Å²) < 4.78 is 5.40. The van der Waals surface area contributed by atoms with Crippen LogP contribution in [0.1, 0.15) is 26.7 Å². The summed E-state index contributed by atoms with van der Waals surface area (Å²) >= 11 is 0. The monoisotopic (exact) mass is 201 g/mol. The van der Waals surface area contributed by atoms with E-state index in [2.05, 4.69) is 0 Å². The lowest BCUT2D eigenvalue weighted by atomic mass is 10.2. The molecule has 14 heavy (non-hydrogen) atoms. The zero-order valence-electron chi connectivity index (χ0n) is 8.90. The predicted molar refractivity (Wildman–Crippen MR) is 53.3 cm³/mol. The van der Waals surface area contributed by atoms with Crippen LogP contribution in [0.25, 0.3) is 0 Å². The van der Waals surface area contributed by atoms with E-state index in [0.717, 1.165) is 25.9 Å². The lowest BCUT2D eigenvalue weighted by Gasteiger charge is -2.21. The van der Waals surface area contributed by atoms with Gasteiger partial charge < -0.3 is 9.84 Å². The van der Waals surface area contributed by atoms with Gasteiger partial charge in [0, 0.05) is 6.54 Å². The fraction of sp³-hybridized carbons (Fsp3) is 0.900. The van der Waals surface area contributed by atoms with Crippen LogP contribution >= 0.6 is 0 Å². The number of hydrogen-bond donors (Lipinski definition) is 1. The number of rotatable bonds is 5. The van der Waals surface area contributed by atoms with E-state index in [1.54, 1.807) is 0 Å². The molecule has 82 valence electrons. The first kappa shape index (κ1) is 11.5. The highest BCUT2D eigenvalue weighted by Gasteiger charge is 2.29. The third-order valence-corrected chi connectivity index (χ3v) is 2.48. The summed E-state index contributed by atoms with van der Waals surface area (Å²) in [6.07, 6.45) is 1.98. The number of likely N-dealkylation sites (tertiary alicyclic amines) is 1. The van der Waals surface area contributed by atoms with Crippen LogP contribution in [0.5, 0.6) is 0 Å². The Morgan fingerprint density at radius 2 is 2.36 bits per heavy atom. The maximum absolute atomic E-state index is 10.8. The van der Waals surface area contributed by atoms with Crippen molar-refractivity contribution in [2.45, 2.75) is 38.8 Å². The highest BCUT2D eigenvalue weighted by molar-refractivity contribution is 5.73. The second-order valence-electron chi connectivity index (χ2n) is 3.95. The minimum atomic E-state index is -0.702. The van der Waals surface area contributed by atoms with Gasteiger partial charge >= 0.3 is 5.97 Å². The van der Waals surface area contributed by atoms with Gasteiger partial charge in [0.15, 0.2) is 0 Å². The molecule has 0 aromatic rings. The predicted octanol–water partition coefficient (Wildman–Crippen LogP) is 0.960. The number of carbonyl (C=O) groups is 1. The number of hydrogen-bond acceptors (Lipinski definition) is 3. The van der Waals surface area contributed by atoms with Gasteiger partial charge in [0.2, 0.25) is 0 Å². The molecule has 0 aromatic heterocycles. The number of ether oxygens (including phenoxy) is 1. The van der Waals surface area contributed by atoms with Crippen molar-refractivity contribution in [2.75, 3.05) is 19.7 Å². The maximum atomic E-state index is 10.8. The molecule has 1 aliphatic heterocycles. The number of nitrogens with zero attached hydrogens (tertiary/aromatic N) is 1. The van der Waals surface area contributed by atoms with E-state index in [9.17, 15) is 4.79 Å². The molecule has 1 rings (SSSR count). The summed E-state index contributed by atoms with van der Waals surface area (Å²) in [5.74, 6) is -0.702. The van der Waals surface area contributed by atoms with E-state index in [1.807, 2.05) is 18.7 Å². The largest absolute Gasteiger partial charge is 0.480 e. The van der Waals surface area contributed by atoms with Gasteiger partial charge in [-0.05, 0) is 33.2 Å². The fourth-order valence-corrected chi connectivity index (χ4v) is 1.78. The number of carboxylic acids is 1. The summed E-state index contributed by atoms with van der Waals surface area (Å²) in [5, 5.41) is 8.91. The minimum absolute atomic E-state index is 0.223. The van der Waals surface area contributed by atoms with Crippen LogP contribution in [0.15, 0.2) is 0 Å². The summed E-state index contributed by atoms with van der Waals surface area (Å²) in [5.41, 5.74) is 0. The molecule has 1 aliphatic rings. The molecule has 4 heteroatoms. The Balaban J connectivity index is 2.26. The quantitative estimate of drug-likeness (QED) is 0.719. The van der Waals surface area contributed by atoms with Crippen molar-refractivity contribution in [1.82, 2.24) is 4.90 Å². The van der Waals surface area contributed by atoms with E-state index in [-0.39, 0.29) is 12.1 Å². The molecular formula is C10H19NO3. The van der Waals surface area contributed by atoms with Crippen LogP contribution in [-0.2, 0) is 9.53 Å². The smallest absolute Gasteiger partial charge is 0.320 e. The van der Waals surface area contributed by atoms with Crippen LogP contribution in [0, 0.1) is 0 Å². The van der Waals surface area contributed by atoms with Crippen molar-refractivity contribution in [1.29, 1.82) is 0 Å². The van der Waals surface area contributed by atoms with Crippen LogP contribution < -0.4 is 0 Å². The Hall–Kier alpha value is -0.610. The molecule has 0 amide bonds. The van der Waals surface area contributed by atoms with Crippen molar-refractivity contribution in [3.63, 3.8) is 0 Å². The first-order valence-corrected chi connectivity index (χ1v) is 5.19. The summed E-state index contributed by atoms with van der Waals surface area (Å²) in [6.45, 7) is 6.21. The molecule has 1 fully saturated rings. The Bertz CT molecular complexity index is 194. The Morgan fingerprint density at radius 1 is 1.64 bits per heavy atom. The standard InChI is InChI=1S/C10H19NO3/c1-8(2)14-7-6-11-5-3-4-9(11)10(12)13/h8-9H,3-7H2,1-2H3,(H,12,13)/t9-/m0/s1. The van der Waals surface area contributed by atoms with E-state index < -0.39 is 5.97 Å². The zero-order valence-corrected chi connectivity index (χ0v) is 8.90. The Kier molecular flexibility index (Phi) is 4.35. The molecule has 0 saturated carbocycles. The summed E-state index contributed by atoms with van der Waals surface area (Å²) in [6, 6.07) is -0.286. The van der Waals surface area contributed by atoms with Gasteiger partial charge in [-0.15, -0.1) is 0 Å². The van der Waals surface area contributed by atoms with Gasteiger partial charge in [0.1, 0.15) is 6.04 Å². The van der Waals surface area contributed by atoms with Gasteiger partial charge in [-0.3, -0.25) is 9.69 Å². The molecule has 0 radical (unpaired) electrons. The van der Waals surface area contributed by atoms with Crippen LogP contribution in [0.4, 0.5) is 0 Å². The van der Waals surface area contributed by atoms with Crippen molar-refractivity contribution in [2.24, 2.45) is 0 Å². The molecular weight excluding hydrogens is 182 g/mol. The average molecular weight is 201 g/mol. The second-order valence-corrected chi connectivity index (χ2v) is 3.95. The summed E-state index contributed by atoms with van der Waals surface area (Å²) in [4.78, 5) is 12.8. The number of carboxylic acid groups (broad SMARTS) is 1. The van der Waals surface area contributed by atoms with Gasteiger partial charge in [0.25, 0.3) is 0 Å². The molecule has 0 aromatic carbocycles. The molecule has 0 aliphatic carbocycles. The molecule has 1 atom stereocenters. The molecule has 1 saturated heterocycles. The molecule has 0 unspecified atom stereocenters. The second kappa shape index (κ2) is 5.32. The first-order valence-electron chi connectivity index (χ1n) is 5.19. The van der Waals surface area contributed by atoms with Gasteiger partial charge in [-0.2, -0.15) is 0 Å². The van der Waals surface area contributed by atoms with Crippen molar-refractivity contribution in [3.8, 4) is 0 Å². The van der Waals surface area contributed by atoms with E-state index in [4.69, 9.17) is 9.84 Å². The molecule has 4 nitrogen and oxygen atoms in total.